The molecule has 0 aromatic rings. The van der Waals surface area contributed by atoms with E-state index in [1.807, 2.05) is 11.8 Å². The second-order valence-corrected chi connectivity index (χ2v) is 7.23. The third kappa shape index (κ3) is 4.83. The maximum absolute atomic E-state index is 11.8. The van der Waals surface area contributed by atoms with Crippen LogP contribution in [0.1, 0.15) is 27.7 Å². The molecule has 0 aromatic carbocycles. The molecule has 6 nitrogen and oxygen atoms in total. The van der Waals surface area contributed by atoms with E-state index in [0.29, 0.717) is 6.54 Å². The Morgan fingerprint density at radius 2 is 1.86 bits per heavy atom. The normalized spacial score (nSPS) is 25.3. The van der Waals surface area contributed by atoms with E-state index in [1.165, 1.54) is 0 Å². The summed E-state index contributed by atoms with van der Waals surface area (Å²) in [6, 6.07) is 0.0648. The SMILES string of the molecule is CCNC(=O)N1CCN(CC2CN(C(C)(C)C)CCO2)CC1. The third-order valence-corrected chi connectivity index (χ3v) is 4.54. The standard InChI is InChI=1S/C16H32N4O2/c1-5-17-15(21)19-8-6-18(7-9-19)12-14-13-20(10-11-22-14)16(2,3)4/h14H,5-13H2,1-4H3,(H,17,21). The van der Waals surface area contributed by atoms with Crippen LogP contribution in [0.5, 0.6) is 0 Å². The van der Waals surface area contributed by atoms with Crippen molar-refractivity contribution in [3.8, 4) is 0 Å². The molecule has 2 rings (SSSR count). The molecule has 2 saturated heterocycles. The average molecular weight is 312 g/mol. The Morgan fingerprint density at radius 1 is 1.18 bits per heavy atom. The topological polar surface area (TPSA) is 48.1 Å². The van der Waals surface area contributed by atoms with Gasteiger partial charge in [0.1, 0.15) is 0 Å². The number of ether oxygens (including phenoxy) is 1. The van der Waals surface area contributed by atoms with Gasteiger partial charge in [-0.3, -0.25) is 9.80 Å². The fourth-order valence-electron chi connectivity index (χ4n) is 3.12. The molecule has 2 fully saturated rings. The Morgan fingerprint density at radius 3 is 2.45 bits per heavy atom. The minimum absolute atomic E-state index is 0.0648. The van der Waals surface area contributed by atoms with E-state index in [0.717, 1.165) is 52.4 Å². The van der Waals surface area contributed by atoms with Crippen LogP contribution in [0.3, 0.4) is 0 Å². The molecular formula is C16H32N4O2. The number of carbonyl (C=O) groups is 1. The van der Waals surface area contributed by atoms with Gasteiger partial charge in [0.05, 0.1) is 12.7 Å². The lowest BCUT2D eigenvalue weighted by atomic mass is 10.0. The van der Waals surface area contributed by atoms with E-state index in [-0.39, 0.29) is 17.7 Å². The molecule has 0 aromatic heterocycles. The Hall–Kier alpha value is -0.850. The summed E-state index contributed by atoms with van der Waals surface area (Å²) < 4.78 is 5.94. The Kier molecular flexibility index (Phi) is 6.06. The molecule has 6 heteroatoms. The van der Waals surface area contributed by atoms with Gasteiger partial charge in [-0.05, 0) is 27.7 Å². The Labute approximate surface area is 134 Å². The van der Waals surface area contributed by atoms with Crippen molar-refractivity contribution in [1.29, 1.82) is 0 Å². The summed E-state index contributed by atoms with van der Waals surface area (Å²) >= 11 is 0. The van der Waals surface area contributed by atoms with E-state index >= 15 is 0 Å². The van der Waals surface area contributed by atoms with Crippen LogP contribution >= 0.6 is 0 Å². The largest absolute Gasteiger partial charge is 0.374 e. The summed E-state index contributed by atoms with van der Waals surface area (Å²) in [7, 11) is 0. The summed E-state index contributed by atoms with van der Waals surface area (Å²) in [5, 5.41) is 2.87. The van der Waals surface area contributed by atoms with Crippen molar-refractivity contribution in [2.75, 3.05) is 59.0 Å². The fraction of sp³-hybridized carbons (Fsp3) is 0.938. The molecule has 0 radical (unpaired) electrons. The van der Waals surface area contributed by atoms with Crippen molar-refractivity contribution in [2.45, 2.75) is 39.3 Å². The van der Waals surface area contributed by atoms with Gasteiger partial charge < -0.3 is 15.0 Å². The van der Waals surface area contributed by atoms with Crippen LogP contribution in [-0.4, -0.2) is 91.3 Å². The maximum Gasteiger partial charge on any atom is 0.317 e. The van der Waals surface area contributed by atoms with Gasteiger partial charge in [-0.2, -0.15) is 0 Å². The summed E-state index contributed by atoms with van der Waals surface area (Å²) in [6.07, 6.45) is 0.281. The fourth-order valence-corrected chi connectivity index (χ4v) is 3.12. The van der Waals surface area contributed by atoms with Crippen LogP contribution in [0.4, 0.5) is 4.79 Å². The number of nitrogens with zero attached hydrogens (tertiary/aromatic N) is 3. The quantitative estimate of drug-likeness (QED) is 0.839. The number of hydrogen-bond acceptors (Lipinski definition) is 4. The highest BCUT2D eigenvalue weighted by Gasteiger charge is 2.30. The molecule has 2 aliphatic heterocycles. The Balaban J connectivity index is 1.75. The molecular weight excluding hydrogens is 280 g/mol. The molecule has 1 N–H and O–H groups in total. The highest BCUT2D eigenvalue weighted by atomic mass is 16.5. The van der Waals surface area contributed by atoms with Crippen LogP contribution in [-0.2, 0) is 4.74 Å². The lowest BCUT2D eigenvalue weighted by Crippen LogP contribution is -2.57. The monoisotopic (exact) mass is 312 g/mol. The van der Waals surface area contributed by atoms with E-state index in [9.17, 15) is 4.79 Å². The highest BCUT2D eigenvalue weighted by Crippen LogP contribution is 2.18. The summed E-state index contributed by atoms with van der Waals surface area (Å²) in [5.41, 5.74) is 0.207. The van der Waals surface area contributed by atoms with Gasteiger partial charge in [-0.25, -0.2) is 4.79 Å². The van der Waals surface area contributed by atoms with Gasteiger partial charge >= 0.3 is 6.03 Å². The van der Waals surface area contributed by atoms with Crippen molar-refractivity contribution >= 4 is 6.03 Å². The molecule has 2 amide bonds. The third-order valence-electron chi connectivity index (χ3n) is 4.54. The maximum atomic E-state index is 11.8. The van der Waals surface area contributed by atoms with Crippen LogP contribution in [0.2, 0.25) is 0 Å². The van der Waals surface area contributed by atoms with Crippen molar-refractivity contribution in [3.05, 3.63) is 0 Å². The first-order valence-electron chi connectivity index (χ1n) is 8.52. The van der Waals surface area contributed by atoms with Gasteiger partial charge in [-0.15, -0.1) is 0 Å². The Bertz CT molecular complexity index is 362. The first kappa shape index (κ1) is 17.5. The number of rotatable bonds is 3. The molecule has 0 aliphatic carbocycles. The molecule has 2 heterocycles. The van der Waals surface area contributed by atoms with Gasteiger partial charge in [0.15, 0.2) is 0 Å². The second kappa shape index (κ2) is 7.62. The van der Waals surface area contributed by atoms with Gasteiger partial charge in [0.2, 0.25) is 0 Å². The second-order valence-electron chi connectivity index (χ2n) is 7.23. The van der Waals surface area contributed by atoms with Crippen molar-refractivity contribution in [2.24, 2.45) is 0 Å². The predicted octanol–water partition coefficient (Wildman–Crippen LogP) is 0.833. The zero-order valence-electron chi connectivity index (χ0n) is 14.6. The molecule has 1 atom stereocenters. The number of urea groups is 1. The van der Waals surface area contributed by atoms with E-state index in [4.69, 9.17) is 4.74 Å². The van der Waals surface area contributed by atoms with Crippen LogP contribution < -0.4 is 5.32 Å². The van der Waals surface area contributed by atoms with Gasteiger partial charge in [0, 0.05) is 57.9 Å². The minimum atomic E-state index is 0.0648. The first-order valence-corrected chi connectivity index (χ1v) is 8.52. The zero-order chi connectivity index (χ0) is 16.2. The van der Waals surface area contributed by atoms with Crippen LogP contribution in [0.25, 0.3) is 0 Å². The lowest BCUT2D eigenvalue weighted by Gasteiger charge is -2.43. The van der Waals surface area contributed by atoms with E-state index in [1.54, 1.807) is 0 Å². The van der Waals surface area contributed by atoms with Crippen LogP contribution in [0, 0.1) is 0 Å². The summed E-state index contributed by atoms with van der Waals surface area (Å²) in [4.78, 5) is 18.6. The molecule has 1 unspecified atom stereocenters. The molecule has 128 valence electrons. The van der Waals surface area contributed by atoms with Crippen molar-refractivity contribution < 1.29 is 9.53 Å². The molecule has 0 bridgehead atoms. The van der Waals surface area contributed by atoms with Crippen LogP contribution in [0.15, 0.2) is 0 Å². The van der Waals surface area contributed by atoms with Gasteiger partial charge in [-0.1, -0.05) is 0 Å². The number of morpholine rings is 1. The summed E-state index contributed by atoms with van der Waals surface area (Å²) in [5.74, 6) is 0. The lowest BCUT2D eigenvalue weighted by molar-refractivity contribution is -0.0714. The van der Waals surface area contributed by atoms with E-state index < -0.39 is 0 Å². The molecule has 22 heavy (non-hydrogen) atoms. The minimum Gasteiger partial charge on any atom is -0.374 e. The first-order chi connectivity index (χ1) is 10.4. The predicted molar refractivity (Wildman–Crippen MR) is 88.2 cm³/mol. The summed E-state index contributed by atoms with van der Waals surface area (Å²) in [6.45, 7) is 16.7. The molecule has 0 spiro atoms. The van der Waals surface area contributed by atoms with Crippen molar-refractivity contribution in [1.82, 2.24) is 20.0 Å². The average Bonchev–Trinajstić information content (AvgIpc) is 2.48. The number of amides is 2. The zero-order valence-corrected chi connectivity index (χ0v) is 14.6. The molecule has 2 aliphatic rings. The van der Waals surface area contributed by atoms with E-state index in [2.05, 4.69) is 35.9 Å². The number of carbonyl (C=O) groups excluding carboxylic acids is 1. The van der Waals surface area contributed by atoms with Gasteiger partial charge in [0.25, 0.3) is 0 Å². The number of piperazine rings is 1. The smallest absolute Gasteiger partial charge is 0.317 e. The number of nitrogens with one attached hydrogen (secondary N) is 1. The number of hydrogen-bond donors (Lipinski definition) is 1. The highest BCUT2D eigenvalue weighted by molar-refractivity contribution is 5.74. The van der Waals surface area contributed by atoms with Crippen molar-refractivity contribution in [3.63, 3.8) is 0 Å². The molecule has 0 saturated carbocycles.